The number of hydrogen-bond acceptors (Lipinski definition) is 4. The SMILES string of the molecule is CC(C)(C)[C@@H](c1ccc(CO)o1)N1CCNCC1. The fourth-order valence-electron chi connectivity index (χ4n) is 2.72. The van der Waals surface area contributed by atoms with Crippen molar-refractivity contribution in [3.63, 3.8) is 0 Å². The lowest BCUT2D eigenvalue weighted by Gasteiger charge is -2.41. The van der Waals surface area contributed by atoms with Crippen LogP contribution < -0.4 is 5.32 Å². The Morgan fingerprint density at radius 2 is 2.00 bits per heavy atom. The molecule has 0 radical (unpaired) electrons. The largest absolute Gasteiger partial charge is 0.462 e. The first-order valence-corrected chi connectivity index (χ1v) is 6.66. The molecule has 2 N–H and O–H groups in total. The summed E-state index contributed by atoms with van der Waals surface area (Å²) in [5.74, 6) is 1.61. The molecule has 0 saturated carbocycles. The maximum absolute atomic E-state index is 9.13. The molecular weight excluding hydrogens is 228 g/mol. The van der Waals surface area contributed by atoms with Crippen LogP contribution >= 0.6 is 0 Å². The van der Waals surface area contributed by atoms with E-state index in [1.807, 2.05) is 12.1 Å². The zero-order valence-corrected chi connectivity index (χ0v) is 11.6. The highest BCUT2D eigenvalue weighted by Gasteiger charge is 2.34. The summed E-state index contributed by atoms with van der Waals surface area (Å²) in [4.78, 5) is 2.47. The van der Waals surface area contributed by atoms with E-state index in [0.29, 0.717) is 5.76 Å². The van der Waals surface area contributed by atoms with Gasteiger partial charge in [0.2, 0.25) is 0 Å². The highest BCUT2D eigenvalue weighted by molar-refractivity contribution is 5.13. The average molecular weight is 252 g/mol. The van der Waals surface area contributed by atoms with Crippen LogP contribution in [0.3, 0.4) is 0 Å². The van der Waals surface area contributed by atoms with Gasteiger partial charge in [-0.3, -0.25) is 4.90 Å². The van der Waals surface area contributed by atoms with Crippen LogP contribution in [-0.2, 0) is 6.61 Å². The number of hydrogen-bond donors (Lipinski definition) is 2. The molecule has 4 heteroatoms. The van der Waals surface area contributed by atoms with Gasteiger partial charge < -0.3 is 14.8 Å². The Labute approximate surface area is 109 Å². The number of aliphatic hydroxyl groups is 1. The molecule has 1 saturated heterocycles. The van der Waals surface area contributed by atoms with Gasteiger partial charge in [0.15, 0.2) is 0 Å². The van der Waals surface area contributed by atoms with Crippen molar-refractivity contribution in [2.45, 2.75) is 33.4 Å². The summed E-state index contributed by atoms with van der Waals surface area (Å²) < 4.78 is 5.76. The van der Waals surface area contributed by atoms with Crippen molar-refractivity contribution in [2.75, 3.05) is 26.2 Å². The van der Waals surface area contributed by atoms with E-state index in [0.717, 1.165) is 31.9 Å². The first-order chi connectivity index (χ1) is 8.52. The smallest absolute Gasteiger partial charge is 0.129 e. The fourth-order valence-corrected chi connectivity index (χ4v) is 2.72. The first-order valence-electron chi connectivity index (χ1n) is 6.66. The number of piperazine rings is 1. The molecule has 4 nitrogen and oxygen atoms in total. The van der Waals surface area contributed by atoms with E-state index < -0.39 is 0 Å². The molecule has 0 unspecified atom stereocenters. The molecule has 18 heavy (non-hydrogen) atoms. The minimum Gasteiger partial charge on any atom is -0.462 e. The van der Waals surface area contributed by atoms with Crippen molar-refractivity contribution in [1.29, 1.82) is 0 Å². The van der Waals surface area contributed by atoms with Crippen LogP contribution in [-0.4, -0.2) is 36.2 Å². The average Bonchev–Trinajstić information content (AvgIpc) is 2.77. The summed E-state index contributed by atoms with van der Waals surface area (Å²) in [5, 5.41) is 12.5. The van der Waals surface area contributed by atoms with Crippen molar-refractivity contribution < 1.29 is 9.52 Å². The molecule has 0 amide bonds. The van der Waals surface area contributed by atoms with E-state index in [1.165, 1.54) is 0 Å². The Morgan fingerprint density at radius 3 is 2.50 bits per heavy atom. The maximum Gasteiger partial charge on any atom is 0.129 e. The molecule has 0 aliphatic carbocycles. The zero-order chi connectivity index (χ0) is 13.2. The molecule has 1 aromatic heterocycles. The monoisotopic (exact) mass is 252 g/mol. The molecule has 2 rings (SSSR count). The molecule has 0 aromatic carbocycles. The van der Waals surface area contributed by atoms with Gasteiger partial charge in [0.05, 0.1) is 6.04 Å². The van der Waals surface area contributed by atoms with Gasteiger partial charge in [-0.15, -0.1) is 0 Å². The summed E-state index contributed by atoms with van der Waals surface area (Å²) in [6.45, 7) is 10.8. The lowest BCUT2D eigenvalue weighted by molar-refractivity contribution is 0.0672. The highest BCUT2D eigenvalue weighted by Crippen LogP contribution is 2.38. The number of nitrogens with one attached hydrogen (secondary N) is 1. The van der Waals surface area contributed by atoms with E-state index in [-0.39, 0.29) is 18.1 Å². The van der Waals surface area contributed by atoms with Crippen LogP contribution in [0.1, 0.15) is 38.3 Å². The molecule has 102 valence electrons. The lowest BCUT2D eigenvalue weighted by atomic mass is 9.84. The second kappa shape index (κ2) is 5.43. The second-order valence-electron chi connectivity index (χ2n) is 6.02. The Hall–Kier alpha value is -0.840. The molecule has 1 atom stereocenters. The standard InChI is InChI=1S/C14H24N2O2/c1-14(2,3)13(16-8-6-15-7-9-16)12-5-4-11(10-17)18-12/h4-5,13,15,17H,6-10H2,1-3H3/t13-/m1/s1. The number of furan rings is 1. The van der Waals surface area contributed by atoms with Gasteiger partial charge >= 0.3 is 0 Å². The van der Waals surface area contributed by atoms with Crippen LogP contribution in [0.4, 0.5) is 0 Å². The van der Waals surface area contributed by atoms with Crippen molar-refractivity contribution in [2.24, 2.45) is 5.41 Å². The minimum atomic E-state index is -0.0293. The van der Waals surface area contributed by atoms with Gasteiger partial charge in [0.25, 0.3) is 0 Å². The molecule has 1 fully saturated rings. The summed E-state index contributed by atoms with van der Waals surface area (Å²) in [5.41, 5.74) is 0.113. The Balaban J connectivity index is 2.24. The summed E-state index contributed by atoms with van der Waals surface area (Å²) in [7, 11) is 0. The topological polar surface area (TPSA) is 48.6 Å². The molecule has 1 aliphatic heterocycles. The van der Waals surface area contributed by atoms with Crippen LogP contribution in [0.25, 0.3) is 0 Å². The van der Waals surface area contributed by atoms with E-state index in [2.05, 4.69) is 31.0 Å². The van der Waals surface area contributed by atoms with Crippen LogP contribution in [0.5, 0.6) is 0 Å². The van der Waals surface area contributed by atoms with Crippen molar-refractivity contribution in [3.8, 4) is 0 Å². The fraction of sp³-hybridized carbons (Fsp3) is 0.714. The van der Waals surface area contributed by atoms with Gasteiger partial charge in [0.1, 0.15) is 18.1 Å². The summed E-state index contributed by atoms with van der Waals surface area (Å²) in [6, 6.07) is 4.14. The predicted octanol–water partition coefficient (Wildman–Crippen LogP) is 1.76. The summed E-state index contributed by atoms with van der Waals surface area (Å²) >= 11 is 0. The normalized spacial score (nSPS) is 20.0. The second-order valence-corrected chi connectivity index (χ2v) is 6.02. The van der Waals surface area contributed by atoms with Gasteiger partial charge in [-0.2, -0.15) is 0 Å². The van der Waals surface area contributed by atoms with Crippen molar-refractivity contribution >= 4 is 0 Å². The van der Waals surface area contributed by atoms with Crippen LogP contribution in [0.2, 0.25) is 0 Å². The predicted molar refractivity (Wildman–Crippen MR) is 71.3 cm³/mol. The van der Waals surface area contributed by atoms with Gasteiger partial charge in [-0.05, 0) is 17.5 Å². The quantitative estimate of drug-likeness (QED) is 0.860. The Morgan fingerprint density at radius 1 is 1.33 bits per heavy atom. The van der Waals surface area contributed by atoms with Crippen molar-refractivity contribution in [3.05, 3.63) is 23.7 Å². The third kappa shape index (κ3) is 2.94. The van der Waals surface area contributed by atoms with E-state index >= 15 is 0 Å². The molecule has 1 aromatic rings. The molecule has 0 spiro atoms. The van der Waals surface area contributed by atoms with Crippen LogP contribution in [0.15, 0.2) is 16.5 Å². The van der Waals surface area contributed by atoms with Crippen LogP contribution in [0, 0.1) is 5.41 Å². The maximum atomic E-state index is 9.13. The minimum absolute atomic E-state index is 0.0293. The van der Waals surface area contributed by atoms with E-state index in [4.69, 9.17) is 9.52 Å². The first kappa shape index (κ1) is 13.6. The molecule has 0 bridgehead atoms. The lowest BCUT2D eigenvalue weighted by Crippen LogP contribution is -2.48. The van der Waals surface area contributed by atoms with Gasteiger partial charge in [-0.25, -0.2) is 0 Å². The van der Waals surface area contributed by atoms with Crippen molar-refractivity contribution in [1.82, 2.24) is 10.2 Å². The van der Waals surface area contributed by atoms with Gasteiger partial charge in [-0.1, -0.05) is 20.8 Å². The summed E-state index contributed by atoms with van der Waals surface area (Å²) in [6.07, 6.45) is 0. The highest BCUT2D eigenvalue weighted by atomic mass is 16.4. The number of rotatable bonds is 3. The molecule has 1 aliphatic rings. The molecule has 2 heterocycles. The Kier molecular flexibility index (Phi) is 4.10. The third-order valence-corrected chi connectivity index (χ3v) is 3.44. The van der Waals surface area contributed by atoms with Gasteiger partial charge in [0, 0.05) is 26.2 Å². The van der Waals surface area contributed by atoms with E-state index in [1.54, 1.807) is 0 Å². The Bertz CT molecular complexity index is 375. The number of aliphatic hydroxyl groups excluding tert-OH is 1. The number of nitrogens with zero attached hydrogens (tertiary/aromatic N) is 1. The zero-order valence-electron chi connectivity index (χ0n) is 11.6. The molecular formula is C14H24N2O2. The van der Waals surface area contributed by atoms with E-state index in [9.17, 15) is 0 Å². The third-order valence-electron chi connectivity index (χ3n) is 3.44.